The molecule has 1 heterocycles. The second-order valence-corrected chi connectivity index (χ2v) is 1.88. The molecule has 1 N–H and O–H groups in total. The zero-order valence-corrected chi connectivity index (χ0v) is 5.57. The van der Waals surface area contributed by atoms with Crippen LogP contribution in [0.2, 0.25) is 0 Å². The molecule has 0 spiro atoms. The molecule has 1 rings (SSSR count). The summed E-state index contributed by atoms with van der Waals surface area (Å²) in [5, 5.41) is 16.0. The minimum absolute atomic E-state index is 0.129. The summed E-state index contributed by atoms with van der Waals surface area (Å²) in [5.74, 6) is 2.20. The molecule has 11 heavy (non-hydrogen) atoms. The van der Waals surface area contributed by atoms with Crippen LogP contribution in [0.4, 0.5) is 5.82 Å². The molecule has 0 saturated heterocycles. The number of hydrogen-bond donors (Lipinski definition) is 1. The highest BCUT2D eigenvalue weighted by molar-refractivity contribution is 5.22. The van der Waals surface area contributed by atoms with Crippen molar-refractivity contribution in [3.8, 4) is 12.3 Å². The minimum atomic E-state index is -0.549. The zero-order valence-electron chi connectivity index (χ0n) is 5.57. The number of nitro groups is 1. The van der Waals surface area contributed by atoms with Crippen molar-refractivity contribution in [3.05, 3.63) is 21.9 Å². The Morgan fingerprint density at radius 2 is 2.64 bits per heavy atom. The van der Waals surface area contributed by atoms with E-state index in [1.54, 1.807) is 0 Å². The summed E-state index contributed by atoms with van der Waals surface area (Å²) in [4.78, 5) is 9.55. The van der Waals surface area contributed by atoms with Gasteiger partial charge in [-0.25, -0.2) is 0 Å². The van der Waals surface area contributed by atoms with Crippen molar-refractivity contribution in [2.75, 3.05) is 0 Å². The summed E-state index contributed by atoms with van der Waals surface area (Å²) < 4.78 is 0. The van der Waals surface area contributed by atoms with E-state index in [2.05, 4.69) is 16.1 Å². The van der Waals surface area contributed by atoms with Gasteiger partial charge in [0.05, 0.1) is 12.5 Å². The lowest BCUT2D eigenvalue weighted by Crippen LogP contribution is -1.86. The van der Waals surface area contributed by atoms with Gasteiger partial charge < -0.3 is 10.1 Å². The maximum absolute atomic E-state index is 10.1. The Balaban J connectivity index is 2.83. The van der Waals surface area contributed by atoms with Crippen LogP contribution in [0.15, 0.2) is 6.07 Å². The highest BCUT2D eigenvalue weighted by Crippen LogP contribution is 2.07. The van der Waals surface area contributed by atoms with Crippen LogP contribution in [0.5, 0.6) is 0 Å². The molecule has 1 aromatic rings. The van der Waals surface area contributed by atoms with Gasteiger partial charge in [0, 0.05) is 0 Å². The average molecular weight is 151 g/mol. The monoisotopic (exact) mass is 151 g/mol. The van der Waals surface area contributed by atoms with Gasteiger partial charge in [0.25, 0.3) is 0 Å². The van der Waals surface area contributed by atoms with Crippen molar-refractivity contribution in [2.45, 2.75) is 6.42 Å². The van der Waals surface area contributed by atoms with Crippen molar-refractivity contribution >= 4 is 5.82 Å². The summed E-state index contributed by atoms with van der Waals surface area (Å²) in [6.45, 7) is 0. The Morgan fingerprint density at radius 1 is 1.91 bits per heavy atom. The molecule has 0 saturated carbocycles. The van der Waals surface area contributed by atoms with Crippen molar-refractivity contribution in [1.82, 2.24) is 10.2 Å². The largest absolute Gasteiger partial charge is 0.358 e. The first-order chi connectivity index (χ1) is 5.24. The second kappa shape index (κ2) is 2.84. The quantitative estimate of drug-likeness (QED) is 0.380. The number of aromatic amines is 1. The lowest BCUT2D eigenvalue weighted by molar-refractivity contribution is -0.389. The van der Waals surface area contributed by atoms with Crippen molar-refractivity contribution in [3.63, 3.8) is 0 Å². The highest BCUT2D eigenvalue weighted by atomic mass is 16.6. The molecule has 0 radical (unpaired) electrons. The smallest absolute Gasteiger partial charge is 0.342 e. The van der Waals surface area contributed by atoms with Gasteiger partial charge in [-0.15, -0.1) is 17.4 Å². The van der Waals surface area contributed by atoms with E-state index in [4.69, 9.17) is 6.42 Å². The van der Waals surface area contributed by atoms with Crippen LogP contribution < -0.4 is 0 Å². The molecule has 0 unspecified atom stereocenters. The van der Waals surface area contributed by atoms with Gasteiger partial charge in [-0.1, -0.05) is 5.10 Å². The Morgan fingerprint density at radius 3 is 3.09 bits per heavy atom. The fourth-order valence-electron chi connectivity index (χ4n) is 0.640. The SMILES string of the molecule is C#CCc1cc([N+](=O)[O-])[nH]n1. The van der Waals surface area contributed by atoms with Gasteiger partial charge in [0.2, 0.25) is 0 Å². The molecule has 5 nitrogen and oxygen atoms in total. The average Bonchev–Trinajstić information content (AvgIpc) is 2.37. The van der Waals surface area contributed by atoms with E-state index in [1.807, 2.05) is 0 Å². The molecule has 0 aliphatic carbocycles. The van der Waals surface area contributed by atoms with Gasteiger partial charge in [-0.3, -0.25) is 0 Å². The number of nitrogens with zero attached hydrogens (tertiary/aromatic N) is 2. The first-order valence-corrected chi connectivity index (χ1v) is 2.86. The van der Waals surface area contributed by atoms with E-state index < -0.39 is 4.92 Å². The van der Waals surface area contributed by atoms with Crippen molar-refractivity contribution in [1.29, 1.82) is 0 Å². The number of terminal acetylenes is 1. The fourth-order valence-corrected chi connectivity index (χ4v) is 0.640. The van der Waals surface area contributed by atoms with E-state index in [0.29, 0.717) is 12.1 Å². The van der Waals surface area contributed by atoms with E-state index in [9.17, 15) is 10.1 Å². The molecular formula is C6H5N3O2. The second-order valence-electron chi connectivity index (χ2n) is 1.88. The van der Waals surface area contributed by atoms with Gasteiger partial charge >= 0.3 is 5.82 Å². The summed E-state index contributed by atoms with van der Waals surface area (Å²) in [5.41, 5.74) is 0.513. The van der Waals surface area contributed by atoms with Crippen LogP contribution in [0.25, 0.3) is 0 Å². The minimum Gasteiger partial charge on any atom is -0.358 e. The third kappa shape index (κ3) is 1.55. The summed E-state index contributed by atoms with van der Waals surface area (Å²) >= 11 is 0. The Labute approximate surface area is 62.6 Å². The van der Waals surface area contributed by atoms with Gasteiger partial charge in [0.1, 0.15) is 5.69 Å². The van der Waals surface area contributed by atoms with Crippen LogP contribution in [-0.2, 0) is 6.42 Å². The Hall–Kier alpha value is -1.83. The van der Waals surface area contributed by atoms with Crippen molar-refractivity contribution < 1.29 is 4.92 Å². The molecule has 0 aliphatic rings. The highest BCUT2D eigenvalue weighted by Gasteiger charge is 2.07. The van der Waals surface area contributed by atoms with Crippen LogP contribution in [0, 0.1) is 22.5 Å². The van der Waals surface area contributed by atoms with E-state index in [-0.39, 0.29) is 5.82 Å². The maximum atomic E-state index is 10.1. The molecule has 0 aliphatic heterocycles. The molecule has 56 valence electrons. The van der Waals surface area contributed by atoms with Gasteiger partial charge in [-0.05, 0) is 4.92 Å². The first kappa shape index (κ1) is 7.28. The lowest BCUT2D eigenvalue weighted by atomic mass is 10.3. The third-order valence-electron chi connectivity index (χ3n) is 1.10. The van der Waals surface area contributed by atoms with Crippen LogP contribution in [0.1, 0.15) is 5.69 Å². The molecule has 0 fully saturated rings. The Kier molecular flexibility index (Phi) is 1.88. The third-order valence-corrected chi connectivity index (χ3v) is 1.10. The van der Waals surface area contributed by atoms with E-state index >= 15 is 0 Å². The lowest BCUT2D eigenvalue weighted by Gasteiger charge is -1.83. The number of nitrogens with one attached hydrogen (secondary N) is 1. The summed E-state index contributed by atoms with van der Waals surface area (Å²) in [6, 6.07) is 1.32. The molecule has 0 aromatic carbocycles. The van der Waals surface area contributed by atoms with Crippen LogP contribution >= 0.6 is 0 Å². The predicted octanol–water partition coefficient (Wildman–Crippen LogP) is 0.494. The molecule has 5 heteroatoms. The number of aromatic nitrogens is 2. The van der Waals surface area contributed by atoms with Gasteiger partial charge in [0.15, 0.2) is 0 Å². The maximum Gasteiger partial charge on any atom is 0.342 e. The topological polar surface area (TPSA) is 71.8 Å². The molecular weight excluding hydrogens is 146 g/mol. The molecule has 0 amide bonds. The summed E-state index contributed by atoms with van der Waals surface area (Å²) in [7, 11) is 0. The molecule has 1 aromatic heterocycles. The van der Waals surface area contributed by atoms with E-state index in [1.165, 1.54) is 6.07 Å². The Bertz CT molecular complexity index is 310. The van der Waals surface area contributed by atoms with Crippen LogP contribution in [-0.4, -0.2) is 15.1 Å². The summed E-state index contributed by atoms with van der Waals surface area (Å²) in [6.07, 6.45) is 5.28. The molecule has 0 bridgehead atoms. The fraction of sp³-hybridized carbons (Fsp3) is 0.167. The predicted molar refractivity (Wildman–Crippen MR) is 37.8 cm³/mol. The standard InChI is InChI=1S/C6H5N3O2/c1-2-3-5-4-6(8-7-5)9(10)11/h1,4H,3H2,(H,7,8). The number of rotatable bonds is 2. The normalized spacial score (nSPS) is 9.00. The zero-order chi connectivity index (χ0) is 8.27. The van der Waals surface area contributed by atoms with E-state index in [0.717, 1.165) is 0 Å². The number of hydrogen-bond acceptors (Lipinski definition) is 3. The van der Waals surface area contributed by atoms with Crippen LogP contribution in [0.3, 0.4) is 0 Å². The number of H-pyrrole nitrogens is 1. The first-order valence-electron chi connectivity index (χ1n) is 2.86. The van der Waals surface area contributed by atoms with Gasteiger partial charge in [-0.2, -0.15) is 0 Å². The molecule has 0 atom stereocenters. The van der Waals surface area contributed by atoms with Crippen molar-refractivity contribution in [2.24, 2.45) is 0 Å².